The van der Waals surface area contributed by atoms with Crippen LogP contribution in [0.2, 0.25) is 16.6 Å². The molecule has 0 bridgehead atoms. The molecule has 0 aromatic carbocycles. The number of ether oxygens (including phenoxy) is 2. The predicted octanol–water partition coefficient (Wildman–Crippen LogP) is 6.17. The van der Waals surface area contributed by atoms with Crippen LogP contribution in [0.4, 0.5) is 4.79 Å². The Labute approximate surface area is 197 Å². The van der Waals surface area contributed by atoms with Crippen molar-refractivity contribution >= 4 is 20.4 Å². The maximum Gasteiger partial charge on any atom is 0.410 e. The molecular formula is C25H47NO5Si. The van der Waals surface area contributed by atoms with Gasteiger partial charge in [-0.25, -0.2) is 4.79 Å². The largest absolute Gasteiger partial charge is 0.469 e. The highest BCUT2D eigenvalue weighted by atomic mass is 28.4. The average molecular weight is 470 g/mol. The summed E-state index contributed by atoms with van der Waals surface area (Å²) in [5, 5.41) is 0. The van der Waals surface area contributed by atoms with Gasteiger partial charge in [-0.2, -0.15) is 0 Å². The van der Waals surface area contributed by atoms with Crippen LogP contribution in [0.1, 0.15) is 75.7 Å². The van der Waals surface area contributed by atoms with E-state index >= 15 is 0 Å². The summed E-state index contributed by atoms with van der Waals surface area (Å²) in [5.41, 5.74) is 1.63. The van der Waals surface area contributed by atoms with E-state index in [1.807, 2.05) is 27.7 Å². The van der Waals surface area contributed by atoms with Crippen LogP contribution in [0.25, 0.3) is 0 Å². The van der Waals surface area contributed by atoms with Crippen LogP contribution in [0.3, 0.4) is 0 Å². The van der Waals surface area contributed by atoms with Crippen molar-refractivity contribution in [2.24, 2.45) is 11.8 Å². The van der Waals surface area contributed by atoms with Gasteiger partial charge in [-0.15, -0.1) is 0 Å². The molecule has 0 aromatic heterocycles. The van der Waals surface area contributed by atoms with Gasteiger partial charge in [0.05, 0.1) is 26.2 Å². The van der Waals surface area contributed by atoms with E-state index in [0.717, 1.165) is 5.57 Å². The van der Waals surface area contributed by atoms with Crippen molar-refractivity contribution < 1.29 is 23.5 Å². The maximum atomic E-state index is 13.2. The molecule has 1 heterocycles. The Morgan fingerprint density at radius 3 is 1.94 bits per heavy atom. The fourth-order valence-electron chi connectivity index (χ4n) is 5.53. The van der Waals surface area contributed by atoms with Crippen molar-refractivity contribution in [2.45, 2.75) is 104 Å². The number of carbonyl (C=O) groups is 2. The molecule has 1 amide bonds. The Balaban J connectivity index is 3.37. The number of likely N-dealkylation sites (tertiary alicyclic amines) is 1. The lowest BCUT2D eigenvalue weighted by atomic mass is 9.84. The molecule has 1 aliphatic heterocycles. The van der Waals surface area contributed by atoms with Crippen LogP contribution in [0.15, 0.2) is 12.2 Å². The molecule has 0 N–H and O–H groups in total. The minimum atomic E-state index is -2.15. The van der Waals surface area contributed by atoms with Gasteiger partial charge in [-0.1, -0.05) is 53.7 Å². The second-order valence-electron chi connectivity index (χ2n) is 11.2. The molecule has 0 aromatic rings. The first-order valence-corrected chi connectivity index (χ1v) is 14.1. The topological polar surface area (TPSA) is 65.1 Å². The summed E-state index contributed by atoms with van der Waals surface area (Å²) in [5.74, 6) is -0.411. The van der Waals surface area contributed by atoms with E-state index in [1.54, 1.807) is 4.90 Å². The standard InChI is InChI=1S/C25H47NO5Si/c1-16(2)21-14-26(24(28)31-25(9,10)11)22(20(21)13-23(27)29-12)15-30-32(17(3)4,18(5)6)19(7)8/h17-22H,1,13-15H2,2-12H3/t20-,21+,22+/m0/s1. The van der Waals surface area contributed by atoms with Crippen molar-refractivity contribution in [3.05, 3.63) is 12.2 Å². The van der Waals surface area contributed by atoms with Gasteiger partial charge in [0.1, 0.15) is 5.60 Å². The Hall–Kier alpha value is -1.34. The van der Waals surface area contributed by atoms with Gasteiger partial charge in [0.15, 0.2) is 8.32 Å². The molecule has 0 unspecified atom stereocenters. The number of carbonyl (C=O) groups excluding carboxylic acids is 2. The van der Waals surface area contributed by atoms with E-state index in [9.17, 15) is 9.59 Å². The maximum absolute atomic E-state index is 13.2. The molecule has 6 nitrogen and oxygen atoms in total. The summed E-state index contributed by atoms with van der Waals surface area (Å²) in [6.45, 7) is 26.0. The number of rotatable bonds is 9. The van der Waals surface area contributed by atoms with Gasteiger partial charge in [0.25, 0.3) is 0 Å². The summed E-state index contributed by atoms with van der Waals surface area (Å²) < 4.78 is 17.6. The van der Waals surface area contributed by atoms with Crippen LogP contribution in [0.5, 0.6) is 0 Å². The van der Waals surface area contributed by atoms with E-state index in [0.29, 0.717) is 29.8 Å². The van der Waals surface area contributed by atoms with Crippen molar-refractivity contribution in [3.8, 4) is 0 Å². The third-order valence-corrected chi connectivity index (χ3v) is 13.0. The van der Waals surface area contributed by atoms with Crippen LogP contribution in [-0.4, -0.2) is 57.2 Å². The quantitative estimate of drug-likeness (QED) is 0.229. The molecule has 0 saturated carbocycles. The molecule has 3 atom stereocenters. The van der Waals surface area contributed by atoms with Crippen LogP contribution in [-0.2, 0) is 18.7 Å². The molecule has 0 radical (unpaired) electrons. The van der Waals surface area contributed by atoms with E-state index in [2.05, 4.69) is 48.1 Å². The molecule has 7 heteroatoms. The Morgan fingerprint density at radius 1 is 1.06 bits per heavy atom. The number of amides is 1. The second-order valence-corrected chi connectivity index (χ2v) is 16.7. The smallest absolute Gasteiger partial charge is 0.410 e. The van der Waals surface area contributed by atoms with Gasteiger partial charge >= 0.3 is 12.1 Å². The predicted molar refractivity (Wildman–Crippen MR) is 132 cm³/mol. The van der Waals surface area contributed by atoms with Gasteiger partial charge in [-0.3, -0.25) is 4.79 Å². The molecule has 1 saturated heterocycles. The third-order valence-electron chi connectivity index (χ3n) is 6.91. The second kappa shape index (κ2) is 11.2. The molecule has 0 spiro atoms. The lowest BCUT2D eigenvalue weighted by molar-refractivity contribution is -0.142. The van der Waals surface area contributed by atoms with E-state index in [4.69, 9.17) is 13.9 Å². The fraction of sp³-hybridized carbons (Fsp3) is 0.840. The summed E-state index contributed by atoms with van der Waals surface area (Å²) in [4.78, 5) is 27.2. The third kappa shape index (κ3) is 6.59. The first-order valence-electron chi connectivity index (χ1n) is 11.9. The monoisotopic (exact) mass is 469 g/mol. The normalized spacial score (nSPS) is 22.1. The first kappa shape index (κ1) is 28.7. The highest BCUT2D eigenvalue weighted by Gasteiger charge is 2.50. The minimum absolute atomic E-state index is 0.0107. The summed E-state index contributed by atoms with van der Waals surface area (Å²) in [6, 6.07) is -0.270. The highest BCUT2D eigenvalue weighted by molar-refractivity contribution is 6.77. The van der Waals surface area contributed by atoms with Crippen molar-refractivity contribution in [3.63, 3.8) is 0 Å². The van der Waals surface area contributed by atoms with Gasteiger partial charge in [-0.05, 0) is 44.3 Å². The number of hydrogen-bond donors (Lipinski definition) is 0. The van der Waals surface area contributed by atoms with Gasteiger partial charge in [0, 0.05) is 18.4 Å². The van der Waals surface area contributed by atoms with Crippen LogP contribution in [0, 0.1) is 11.8 Å². The summed E-state index contributed by atoms with van der Waals surface area (Å²) in [6.07, 6.45) is -0.142. The number of methoxy groups -OCH3 is 1. The molecule has 32 heavy (non-hydrogen) atoms. The number of esters is 1. The van der Waals surface area contributed by atoms with E-state index in [-0.39, 0.29) is 36.4 Å². The van der Waals surface area contributed by atoms with E-state index in [1.165, 1.54) is 7.11 Å². The summed E-state index contributed by atoms with van der Waals surface area (Å²) in [7, 11) is -0.750. The van der Waals surface area contributed by atoms with Crippen molar-refractivity contribution in [1.29, 1.82) is 0 Å². The number of hydrogen-bond acceptors (Lipinski definition) is 5. The zero-order valence-electron chi connectivity index (χ0n) is 22.3. The van der Waals surface area contributed by atoms with Gasteiger partial charge in [0.2, 0.25) is 0 Å². The Kier molecular flexibility index (Phi) is 10.0. The minimum Gasteiger partial charge on any atom is -0.469 e. The SMILES string of the molecule is C=C(C)[C@H]1CN(C(=O)OC(C)(C)C)[C@H](CO[Si](C(C)C)(C(C)C)C(C)C)[C@H]1CC(=O)OC. The zero-order chi connectivity index (χ0) is 25.0. The summed E-state index contributed by atoms with van der Waals surface area (Å²) >= 11 is 0. The van der Waals surface area contributed by atoms with E-state index < -0.39 is 13.9 Å². The molecular weight excluding hydrogens is 422 g/mol. The Morgan fingerprint density at radius 2 is 1.56 bits per heavy atom. The Bertz CT molecular complexity index is 646. The molecule has 1 fully saturated rings. The van der Waals surface area contributed by atoms with Gasteiger partial charge < -0.3 is 18.8 Å². The first-order chi connectivity index (χ1) is 14.6. The highest BCUT2D eigenvalue weighted by Crippen LogP contribution is 2.44. The molecule has 1 aliphatic rings. The lowest BCUT2D eigenvalue weighted by Gasteiger charge is -2.43. The zero-order valence-corrected chi connectivity index (χ0v) is 23.3. The van der Waals surface area contributed by atoms with Crippen molar-refractivity contribution in [2.75, 3.05) is 20.3 Å². The molecule has 1 rings (SSSR count). The fourth-order valence-corrected chi connectivity index (χ4v) is 11.0. The van der Waals surface area contributed by atoms with Crippen LogP contribution < -0.4 is 0 Å². The lowest BCUT2D eigenvalue weighted by Crippen LogP contribution is -2.52. The average Bonchev–Trinajstić information content (AvgIpc) is 2.98. The molecule has 0 aliphatic carbocycles. The molecule has 186 valence electrons. The van der Waals surface area contributed by atoms with Crippen molar-refractivity contribution in [1.82, 2.24) is 4.90 Å². The number of nitrogens with zero attached hydrogens (tertiary/aromatic N) is 1. The van der Waals surface area contributed by atoms with Crippen LogP contribution >= 0.6 is 0 Å².